The van der Waals surface area contributed by atoms with Crippen molar-refractivity contribution >= 4 is 24.0 Å². The normalized spacial score (nSPS) is 9.57. The van der Waals surface area contributed by atoms with Gasteiger partial charge in [0.05, 0.1) is 0 Å². The molecule has 0 fully saturated rings. The van der Waals surface area contributed by atoms with Crippen LogP contribution in [0.25, 0.3) is 10.8 Å². The van der Waals surface area contributed by atoms with Gasteiger partial charge in [0.1, 0.15) is 0 Å². The average Bonchev–Trinajstić information content (AvgIpc) is 3.21. The van der Waals surface area contributed by atoms with Gasteiger partial charge in [-0.25, -0.2) is 12.1 Å². The zero-order valence-electron chi connectivity index (χ0n) is 14.2. The van der Waals surface area contributed by atoms with Gasteiger partial charge < -0.3 is 0 Å². The third-order valence-corrected chi connectivity index (χ3v) is 4.29. The van der Waals surface area contributed by atoms with Gasteiger partial charge in [0.25, 0.3) is 0 Å². The zero-order valence-corrected chi connectivity index (χ0v) is 18.7. The molecular formula is C21H25HfP-2. The van der Waals surface area contributed by atoms with E-state index in [4.69, 9.17) is 0 Å². The summed E-state index contributed by atoms with van der Waals surface area (Å²) in [6.07, 6.45) is 5.58. The number of benzene rings is 1. The molecule has 23 heavy (non-hydrogen) atoms. The Morgan fingerprint density at radius 2 is 1.70 bits per heavy atom. The second-order valence-electron chi connectivity index (χ2n) is 4.96. The van der Waals surface area contributed by atoms with Crippen molar-refractivity contribution in [2.75, 3.05) is 13.3 Å². The van der Waals surface area contributed by atoms with Crippen LogP contribution in [0, 0.1) is 0 Å². The molecule has 3 aromatic rings. The summed E-state index contributed by atoms with van der Waals surface area (Å²) in [5, 5.41) is 4.26. The Morgan fingerprint density at radius 1 is 1.04 bits per heavy atom. The van der Waals surface area contributed by atoms with Gasteiger partial charge in [0.15, 0.2) is 0 Å². The topological polar surface area (TPSA) is 0 Å². The standard InChI is InChI=1S/C11H12P.C5H5.C5H8.Hf/c1-12(2)11-7-9-5-3-4-6-10(9)8-11;1-2-4-5-3-1;1-3-5-4-2;/h3-8H,1-2H3;1-5H;3-5H,1H2,2H3;/q2*-1;;. The van der Waals surface area contributed by atoms with Crippen LogP contribution in [-0.2, 0) is 25.8 Å². The van der Waals surface area contributed by atoms with Crippen LogP contribution < -0.4 is 5.30 Å². The fraction of sp³-hybridized carbons (Fsp3) is 0.143. The average molecular weight is 487 g/mol. The van der Waals surface area contributed by atoms with Crippen molar-refractivity contribution in [2.45, 2.75) is 6.92 Å². The number of hydrogen-bond acceptors (Lipinski definition) is 0. The van der Waals surface area contributed by atoms with E-state index >= 15 is 0 Å². The number of rotatable bonds is 2. The van der Waals surface area contributed by atoms with E-state index in [0.29, 0.717) is 0 Å². The fourth-order valence-electron chi connectivity index (χ4n) is 1.85. The molecule has 120 valence electrons. The molecule has 2 heteroatoms. The van der Waals surface area contributed by atoms with Crippen molar-refractivity contribution in [1.29, 1.82) is 0 Å². The molecule has 0 bridgehead atoms. The smallest absolute Gasteiger partial charge is 0 e. The summed E-state index contributed by atoms with van der Waals surface area (Å²) in [5.74, 6) is 0. The predicted octanol–water partition coefficient (Wildman–Crippen LogP) is 6.08. The van der Waals surface area contributed by atoms with Crippen molar-refractivity contribution in [3.8, 4) is 0 Å². The molecule has 0 aliphatic heterocycles. The Balaban J connectivity index is 0.000000370. The number of hydrogen-bond donors (Lipinski definition) is 0. The first-order valence-electron chi connectivity index (χ1n) is 7.42. The van der Waals surface area contributed by atoms with Crippen LogP contribution in [-0.4, -0.2) is 13.3 Å². The van der Waals surface area contributed by atoms with Gasteiger partial charge in [0.2, 0.25) is 0 Å². The van der Waals surface area contributed by atoms with Crippen molar-refractivity contribution < 1.29 is 25.8 Å². The molecule has 0 aliphatic carbocycles. The molecule has 0 radical (unpaired) electrons. The first kappa shape index (κ1) is 22.0. The van der Waals surface area contributed by atoms with E-state index in [2.05, 4.69) is 56.3 Å². The number of fused-ring (bicyclic) bond motifs is 1. The molecule has 3 aromatic carbocycles. The Hall–Kier alpha value is -1.04. The molecule has 0 aromatic heterocycles. The van der Waals surface area contributed by atoms with Crippen LogP contribution in [0.2, 0.25) is 0 Å². The third kappa shape index (κ3) is 8.98. The SMILES string of the molecule is C=CC=CC.CP(C)c1cc2ccccc2[cH-]1.[Hf].c1cc[cH-]c1. The van der Waals surface area contributed by atoms with E-state index in [1.54, 1.807) is 6.08 Å². The van der Waals surface area contributed by atoms with E-state index in [0.717, 1.165) is 0 Å². The first-order valence-corrected chi connectivity index (χ1v) is 9.66. The van der Waals surface area contributed by atoms with Crippen molar-refractivity contribution in [1.82, 2.24) is 0 Å². The maximum atomic E-state index is 3.46. The largest absolute Gasteiger partial charge is 0.214 e. The summed E-state index contributed by atoms with van der Waals surface area (Å²) in [4.78, 5) is 0. The van der Waals surface area contributed by atoms with Crippen LogP contribution in [0.1, 0.15) is 6.92 Å². The third-order valence-electron chi connectivity index (χ3n) is 3.00. The Labute approximate surface area is 161 Å². The Kier molecular flexibility index (Phi) is 12.8. The summed E-state index contributed by atoms with van der Waals surface area (Å²) in [6, 6.07) is 23.2. The minimum Gasteiger partial charge on any atom is -0.214 e. The van der Waals surface area contributed by atoms with Gasteiger partial charge in [-0.2, -0.15) is 24.3 Å². The monoisotopic (exact) mass is 488 g/mol. The molecular weight excluding hydrogens is 462 g/mol. The van der Waals surface area contributed by atoms with E-state index in [9.17, 15) is 0 Å². The molecule has 0 N–H and O–H groups in total. The second-order valence-corrected chi connectivity index (χ2v) is 7.27. The second kappa shape index (κ2) is 13.4. The summed E-state index contributed by atoms with van der Waals surface area (Å²) in [6.45, 7) is 10.0. The maximum Gasteiger partial charge on any atom is 0 e. The summed E-state index contributed by atoms with van der Waals surface area (Å²) >= 11 is 0. The van der Waals surface area contributed by atoms with E-state index in [-0.39, 0.29) is 33.8 Å². The van der Waals surface area contributed by atoms with Gasteiger partial charge in [-0.1, -0.05) is 30.9 Å². The van der Waals surface area contributed by atoms with Gasteiger partial charge >= 0.3 is 0 Å². The van der Waals surface area contributed by atoms with Crippen molar-refractivity contribution in [3.05, 3.63) is 91.5 Å². The number of allylic oxidation sites excluding steroid dienone is 3. The van der Waals surface area contributed by atoms with Gasteiger partial charge in [-0.15, -0.1) is 48.3 Å². The van der Waals surface area contributed by atoms with E-state index in [1.165, 1.54) is 16.1 Å². The van der Waals surface area contributed by atoms with Gasteiger partial charge in [-0.3, -0.25) is 0 Å². The Bertz CT molecular complexity index is 610. The van der Waals surface area contributed by atoms with Crippen LogP contribution in [0.3, 0.4) is 0 Å². The van der Waals surface area contributed by atoms with Gasteiger partial charge in [-0.05, 0) is 20.3 Å². The molecule has 0 aliphatic rings. The molecule has 0 saturated heterocycles. The van der Waals surface area contributed by atoms with Gasteiger partial charge in [0, 0.05) is 25.8 Å². The molecule has 0 atom stereocenters. The van der Waals surface area contributed by atoms with Crippen LogP contribution in [0.4, 0.5) is 0 Å². The molecule has 0 unspecified atom stereocenters. The molecule has 0 nitrogen and oxygen atoms in total. The summed E-state index contributed by atoms with van der Waals surface area (Å²) < 4.78 is 0. The predicted molar refractivity (Wildman–Crippen MR) is 105 cm³/mol. The van der Waals surface area contributed by atoms with E-state index < -0.39 is 0 Å². The molecule has 0 spiro atoms. The van der Waals surface area contributed by atoms with Crippen LogP contribution >= 0.6 is 7.92 Å². The summed E-state index contributed by atoms with van der Waals surface area (Å²) in [5.41, 5.74) is 0. The fourth-order valence-corrected chi connectivity index (χ4v) is 2.64. The van der Waals surface area contributed by atoms with Crippen molar-refractivity contribution in [2.24, 2.45) is 0 Å². The first-order chi connectivity index (χ1) is 10.7. The Morgan fingerprint density at radius 3 is 2.09 bits per heavy atom. The minimum absolute atomic E-state index is 0. The zero-order chi connectivity index (χ0) is 16.2. The minimum atomic E-state index is 0. The van der Waals surface area contributed by atoms with Crippen molar-refractivity contribution in [3.63, 3.8) is 0 Å². The molecule has 3 rings (SSSR count). The molecule has 0 saturated carbocycles. The quantitative estimate of drug-likeness (QED) is 0.178. The maximum absolute atomic E-state index is 3.46. The molecule has 0 amide bonds. The summed E-state index contributed by atoms with van der Waals surface area (Å²) in [7, 11) is 0.0576. The van der Waals surface area contributed by atoms with Crippen LogP contribution in [0.15, 0.2) is 91.5 Å². The van der Waals surface area contributed by atoms with E-state index in [1.807, 2.05) is 49.4 Å². The van der Waals surface area contributed by atoms with Crippen LogP contribution in [0.5, 0.6) is 0 Å². The molecule has 0 heterocycles.